The van der Waals surface area contributed by atoms with Crippen LogP contribution in [0.15, 0.2) is 24.3 Å². The van der Waals surface area contributed by atoms with Crippen LogP contribution in [0.1, 0.15) is 12.0 Å². The summed E-state index contributed by atoms with van der Waals surface area (Å²) < 4.78 is 35.6. The molecule has 0 aliphatic carbocycles. The summed E-state index contributed by atoms with van der Waals surface area (Å²) in [6.07, 6.45) is -4.50. The van der Waals surface area contributed by atoms with Gasteiger partial charge >= 0.3 is 12.1 Å². The van der Waals surface area contributed by atoms with Crippen molar-refractivity contribution in [3.63, 3.8) is 0 Å². The topological polar surface area (TPSA) is 58.2 Å². The van der Waals surface area contributed by atoms with E-state index in [0.29, 0.717) is 5.02 Å². The SMILES string of the molecule is O=C(Cc1ccc(Cl)cc1)NCCCNC(=O)C(F)(F)F. The predicted octanol–water partition coefficient (Wildman–Crippen LogP) is 2.07. The second kappa shape index (κ2) is 7.87. The summed E-state index contributed by atoms with van der Waals surface area (Å²) in [4.78, 5) is 22.0. The summed E-state index contributed by atoms with van der Waals surface area (Å²) in [5.74, 6) is -2.23. The highest BCUT2D eigenvalue weighted by Crippen LogP contribution is 2.13. The minimum Gasteiger partial charge on any atom is -0.356 e. The Labute approximate surface area is 124 Å². The van der Waals surface area contributed by atoms with Crippen molar-refractivity contribution in [2.75, 3.05) is 13.1 Å². The zero-order valence-electron chi connectivity index (χ0n) is 11.0. The number of carbonyl (C=O) groups excluding carboxylic acids is 2. The first-order valence-corrected chi connectivity index (χ1v) is 6.53. The number of hydrogen-bond acceptors (Lipinski definition) is 2. The van der Waals surface area contributed by atoms with Crippen molar-refractivity contribution in [2.45, 2.75) is 19.0 Å². The smallest absolute Gasteiger partial charge is 0.356 e. The molecule has 0 bridgehead atoms. The first kappa shape index (κ1) is 17.3. The standard InChI is InChI=1S/C13H14ClF3N2O2/c14-10-4-2-9(3-5-10)8-11(20)18-6-1-7-19-12(21)13(15,16)17/h2-5H,1,6-8H2,(H,18,20)(H,19,21). The van der Waals surface area contributed by atoms with Crippen molar-refractivity contribution in [1.82, 2.24) is 10.6 Å². The van der Waals surface area contributed by atoms with Crippen LogP contribution in [-0.2, 0) is 16.0 Å². The number of rotatable bonds is 6. The maximum atomic E-state index is 11.9. The summed E-state index contributed by atoms with van der Waals surface area (Å²) in [5.41, 5.74) is 0.780. The van der Waals surface area contributed by atoms with Gasteiger partial charge in [-0.3, -0.25) is 9.59 Å². The van der Waals surface area contributed by atoms with E-state index in [1.54, 1.807) is 29.6 Å². The van der Waals surface area contributed by atoms with Crippen LogP contribution < -0.4 is 10.6 Å². The molecular weight excluding hydrogens is 309 g/mol. The molecule has 1 rings (SSSR count). The van der Waals surface area contributed by atoms with Gasteiger partial charge in [0.05, 0.1) is 6.42 Å². The molecule has 1 aromatic carbocycles. The Morgan fingerprint density at radius 1 is 1.05 bits per heavy atom. The quantitative estimate of drug-likeness (QED) is 0.788. The molecule has 2 amide bonds. The Morgan fingerprint density at radius 3 is 2.19 bits per heavy atom. The van der Waals surface area contributed by atoms with Crippen LogP contribution in [0.25, 0.3) is 0 Å². The van der Waals surface area contributed by atoms with Crippen LogP contribution in [0.2, 0.25) is 5.02 Å². The summed E-state index contributed by atoms with van der Waals surface area (Å²) in [6.45, 7) is 0.0319. The van der Waals surface area contributed by atoms with E-state index in [-0.39, 0.29) is 31.8 Å². The maximum absolute atomic E-state index is 11.9. The minimum absolute atomic E-state index is 0.153. The average Bonchev–Trinajstić information content (AvgIpc) is 2.39. The third-order valence-electron chi connectivity index (χ3n) is 2.50. The van der Waals surface area contributed by atoms with Gasteiger partial charge in [0.1, 0.15) is 0 Å². The molecule has 4 nitrogen and oxygen atoms in total. The van der Waals surface area contributed by atoms with Crippen molar-refractivity contribution in [1.29, 1.82) is 0 Å². The highest BCUT2D eigenvalue weighted by Gasteiger charge is 2.38. The lowest BCUT2D eigenvalue weighted by molar-refractivity contribution is -0.173. The van der Waals surface area contributed by atoms with Crippen LogP contribution in [0.4, 0.5) is 13.2 Å². The molecule has 2 N–H and O–H groups in total. The number of nitrogens with one attached hydrogen (secondary N) is 2. The lowest BCUT2D eigenvalue weighted by atomic mass is 10.1. The Kier molecular flexibility index (Phi) is 6.48. The van der Waals surface area contributed by atoms with Crippen LogP contribution in [0, 0.1) is 0 Å². The van der Waals surface area contributed by atoms with Gasteiger partial charge in [-0.25, -0.2) is 0 Å². The van der Waals surface area contributed by atoms with E-state index in [2.05, 4.69) is 5.32 Å². The zero-order valence-corrected chi connectivity index (χ0v) is 11.7. The summed E-state index contributed by atoms with van der Waals surface area (Å²) >= 11 is 5.71. The predicted molar refractivity (Wildman–Crippen MR) is 71.8 cm³/mol. The van der Waals surface area contributed by atoms with Crippen molar-refractivity contribution in [3.8, 4) is 0 Å². The van der Waals surface area contributed by atoms with E-state index >= 15 is 0 Å². The first-order chi connectivity index (χ1) is 9.79. The van der Waals surface area contributed by atoms with Gasteiger partial charge in [-0.05, 0) is 24.1 Å². The van der Waals surface area contributed by atoms with E-state index in [4.69, 9.17) is 11.6 Å². The molecule has 0 spiro atoms. The monoisotopic (exact) mass is 322 g/mol. The molecular formula is C13H14ClF3N2O2. The van der Waals surface area contributed by atoms with Gasteiger partial charge in [0.15, 0.2) is 0 Å². The Morgan fingerprint density at radius 2 is 1.62 bits per heavy atom. The third kappa shape index (κ3) is 6.99. The van der Waals surface area contributed by atoms with Gasteiger partial charge in [0.25, 0.3) is 0 Å². The largest absolute Gasteiger partial charge is 0.471 e. The molecule has 0 saturated carbocycles. The molecule has 0 aliphatic rings. The van der Waals surface area contributed by atoms with Gasteiger partial charge in [-0.2, -0.15) is 13.2 Å². The molecule has 0 atom stereocenters. The van der Waals surface area contributed by atoms with Crippen molar-refractivity contribution < 1.29 is 22.8 Å². The van der Waals surface area contributed by atoms with E-state index in [9.17, 15) is 22.8 Å². The highest BCUT2D eigenvalue weighted by molar-refractivity contribution is 6.30. The molecule has 0 aromatic heterocycles. The van der Waals surface area contributed by atoms with Crippen LogP contribution in [0.5, 0.6) is 0 Å². The first-order valence-electron chi connectivity index (χ1n) is 6.15. The number of benzene rings is 1. The Hall–Kier alpha value is -1.76. The zero-order chi connectivity index (χ0) is 15.9. The fourth-order valence-electron chi connectivity index (χ4n) is 1.47. The number of amides is 2. The van der Waals surface area contributed by atoms with Crippen molar-refractivity contribution in [2.24, 2.45) is 0 Å². The van der Waals surface area contributed by atoms with Crippen molar-refractivity contribution >= 4 is 23.4 Å². The Bertz CT molecular complexity index is 489. The number of halogens is 4. The van der Waals surface area contributed by atoms with Crippen LogP contribution >= 0.6 is 11.6 Å². The van der Waals surface area contributed by atoms with Gasteiger partial charge < -0.3 is 10.6 Å². The number of alkyl halides is 3. The lowest BCUT2D eigenvalue weighted by Crippen LogP contribution is -2.38. The summed E-state index contributed by atoms with van der Waals surface area (Å²) in [5, 5.41) is 4.85. The number of hydrogen-bond donors (Lipinski definition) is 2. The molecule has 0 heterocycles. The van der Waals surface area contributed by atoms with Gasteiger partial charge in [0.2, 0.25) is 5.91 Å². The molecule has 116 valence electrons. The van der Waals surface area contributed by atoms with Gasteiger partial charge in [0, 0.05) is 18.1 Å². The number of carbonyl (C=O) groups is 2. The molecule has 8 heteroatoms. The van der Waals surface area contributed by atoms with Gasteiger partial charge in [-0.1, -0.05) is 23.7 Å². The van der Waals surface area contributed by atoms with Crippen LogP contribution in [-0.4, -0.2) is 31.1 Å². The molecule has 21 heavy (non-hydrogen) atoms. The summed E-state index contributed by atoms with van der Waals surface area (Å²) in [6, 6.07) is 6.75. The molecule has 0 aliphatic heterocycles. The molecule has 0 saturated heterocycles. The molecule has 0 radical (unpaired) electrons. The van der Waals surface area contributed by atoms with E-state index in [1.807, 2.05) is 0 Å². The van der Waals surface area contributed by atoms with Crippen molar-refractivity contribution in [3.05, 3.63) is 34.9 Å². The Balaban J connectivity index is 2.17. The molecule has 1 aromatic rings. The second-order valence-electron chi connectivity index (χ2n) is 4.26. The minimum atomic E-state index is -4.88. The second-order valence-corrected chi connectivity index (χ2v) is 4.70. The fraction of sp³-hybridized carbons (Fsp3) is 0.385. The fourth-order valence-corrected chi connectivity index (χ4v) is 1.59. The van der Waals surface area contributed by atoms with Gasteiger partial charge in [-0.15, -0.1) is 0 Å². The van der Waals surface area contributed by atoms with E-state index in [1.165, 1.54) is 0 Å². The van der Waals surface area contributed by atoms with E-state index in [0.717, 1.165) is 5.56 Å². The third-order valence-corrected chi connectivity index (χ3v) is 2.75. The highest BCUT2D eigenvalue weighted by atomic mass is 35.5. The molecule has 0 fully saturated rings. The molecule has 0 unspecified atom stereocenters. The average molecular weight is 323 g/mol. The lowest BCUT2D eigenvalue weighted by Gasteiger charge is -2.08. The van der Waals surface area contributed by atoms with Crippen LogP contribution in [0.3, 0.4) is 0 Å². The maximum Gasteiger partial charge on any atom is 0.471 e. The summed E-state index contributed by atoms with van der Waals surface area (Å²) in [7, 11) is 0. The normalized spacial score (nSPS) is 11.0. The van der Waals surface area contributed by atoms with E-state index < -0.39 is 12.1 Å².